The second-order valence-electron chi connectivity index (χ2n) is 7.59. The van der Waals surface area contributed by atoms with E-state index in [1.807, 2.05) is 35.2 Å². The molecule has 5 heteroatoms. The van der Waals surface area contributed by atoms with Gasteiger partial charge in [0.2, 0.25) is 0 Å². The third-order valence-corrected chi connectivity index (χ3v) is 5.69. The molecular weight excluding hydrogens is 362 g/mol. The molecule has 0 saturated carbocycles. The van der Waals surface area contributed by atoms with Crippen LogP contribution in [0.3, 0.4) is 0 Å². The number of nitrogens with one attached hydrogen (secondary N) is 1. The molecule has 0 spiro atoms. The summed E-state index contributed by atoms with van der Waals surface area (Å²) in [7, 11) is 0. The molecule has 3 aromatic rings. The third kappa shape index (κ3) is 3.56. The van der Waals surface area contributed by atoms with Gasteiger partial charge < -0.3 is 14.6 Å². The Morgan fingerprint density at radius 2 is 2.07 bits per heavy atom. The van der Waals surface area contributed by atoms with Crippen LogP contribution in [0, 0.1) is 0 Å². The van der Waals surface area contributed by atoms with Crippen molar-refractivity contribution in [3.63, 3.8) is 0 Å². The van der Waals surface area contributed by atoms with Crippen LogP contribution >= 0.6 is 0 Å². The molecule has 2 heterocycles. The van der Waals surface area contributed by atoms with Gasteiger partial charge in [-0.3, -0.25) is 4.79 Å². The van der Waals surface area contributed by atoms with E-state index in [4.69, 9.17) is 4.74 Å². The van der Waals surface area contributed by atoms with E-state index >= 15 is 0 Å². The normalized spacial score (nSPS) is 18.4. The number of ether oxygens (including phenoxy) is 1. The summed E-state index contributed by atoms with van der Waals surface area (Å²) >= 11 is 0. The number of aromatic nitrogens is 2. The highest BCUT2D eigenvalue weighted by Gasteiger charge is 2.31. The first-order chi connectivity index (χ1) is 14.3. The molecule has 2 aliphatic rings. The number of hydrogen-bond acceptors (Lipinski definition) is 3. The van der Waals surface area contributed by atoms with E-state index < -0.39 is 0 Å². The van der Waals surface area contributed by atoms with Crippen molar-refractivity contribution >= 4 is 16.9 Å². The van der Waals surface area contributed by atoms with Gasteiger partial charge in [-0.05, 0) is 60.7 Å². The average Bonchev–Trinajstić information content (AvgIpc) is 3.25. The van der Waals surface area contributed by atoms with Crippen molar-refractivity contribution in [1.82, 2.24) is 14.9 Å². The highest BCUT2D eigenvalue weighted by atomic mass is 16.5. The Hall–Kier alpha value is -3.34. The predicted octanol–water partition coefficient (Wildman–Crippen LogP) is 4.38. The summed E-state index contributed by atoms with van der Waals surface area (Å²) in [6.45, 7) is 1.08. The highest BCUT2D eigenvalue weighted by Crippen LogP contribution is 2.26. The van der Waals surface area contributed by atoms with Crippen LogP contribution in [0.5, 0.6) is 0 Å². The van der Waals surface area contributed by atoms with Crippen LogP contribution in [0.2, 0.25) is 0 Å². The van der Waals surface area contributed by atoms with Crippen LogP contribution in [-0.2, 0) is 17.7 Å². The van der Waals surface area contributed by atoms with Gasteiger partial charge in [-0.2, -0.15) is 0 Å². The highest BCUT2D eigenvalue weighted by molar-refractivity contribution is 5.97. The number of allylic oxidation sites excluding steroid dienone is 3. The van der Waals surface area contributed by atoms with Crippen molar-refractivity contribution in [2.45, 2.75) is 31.8 Å². The largest absolute Gasteiger partial charge is 0.492 e. The van der Waals surface area contributed by atoms with E-state index in [-0.39, 0.29) is 11.9 Å². The maximum atomic E-state index is 13.4. The molecule has 2 aromatic carbocycles. The van der Waals surface area contributed by atoms with Gasteiger partial charge in [-0.25, -0.2) is 4.98 Å². The van der Waals surface area contributed by atoms with Crippen LogP contribution in [0.1, 0.15) is 34.3 Å². The summed E-state index contributed by atoms with van der Waals surface area (Å²) in [6.07, 6.45) is 10.8. The summed E-state index contributed by atoms with van der Waals surface area (Å²) in [5.41, 5.74) is 4.90. The second kappa shape index (κ2) is 7.59. The molecule has 1 aliphatic heterocycles. The number of hydrogen-bond donors (Lipinski definition) is 1. The average molecular weight is 385 g/mol. The maximum Gasteiger partial charge on any atom is 0.254 e. The number of aromatic amines is 1. The maximum absolute atomic E-state index is 13.4. The molecule has 1 aromatic heterocycles. The number of H-pyrrole nitrogens is 1. The SMILES string of the molecule is O=C(c1ccc2nc[nH]c2c1)N1Cc2ccccc2CC1COC1=CCCC=C1. The molecule has 0 radical (unpaired) electrons. The predicted molar refractivity (Wildman–Crippen MR) is 112 cm³/mol. The fourth-order valence-electron chi connectivity index (χ4n) is 4.10. The lowest BCUT2D eigenvalue weighted by Crippen LogP contribution is -2.46. The van der Waals surface area contributed by atoms with E-state index in [0.29, 0.717) is 18.7 Å². The molecule has 5 nitrogen and oxygen atoms in total. The number of fused-ring (bicyclic) bond motifs is 2. The first kappa shape index (κ1) is 17.7. The minimum atomic E-state index is -0.00825. The first-order valence-corrected chi connectivity index (χ1v) is 10.1. The molecule has 1 aliphatic carbocycles. The van der Waals surface area contributed by atoms with Gasteiger partial charge in [0.1, 0.15) is 12.4 Å². The number of carbonyl (C=O) groups excluding carboxylic acids is 1. The number of carbonyl (C=O) groups is 1. The Balaban J connectivity index is 1.42. The Kier molecular flexibility index (Phi) is 4.64. The molecule has 1 unspecified atom stereocenters. The molecule has 1 amide bonds. The molecule has 0 fully saturated rings. The van der Waals surface area contributed by atoms with E-state index in [1.165, 1.54) is 11.1 Å². The number of benzene rings is 2. The summed E-state index contributed by atoms with van der Waals surface area (Å²) in [5, 5.41) is 0. The number of rotatable bonds is 4. The summed E-state index contributed by atoms with van der Waals surface area (Å²) < 4.78 is 6.08. The van der Waals surface area contributed by atoms with Crippen molar-refractivity contribution in [3.8, 4) is 0 Å². The molecule has 0 saturated heterocycles. The Labute approximate surface area is 169 Å². The standard InChI is InChI=1S/C24H23N3O2/c28-24(18-10-11-22-23(13-18)26-16-25-22)27-14-19-7-5-4-6-17(19)12-20(27)15-29-21-8-2-1-3-9-21/h2,4-11,13,16,20H,1,3,12,14-15H2,(H,25,26). The van der Waals surface area contributed by atoms with E-state index in [0.717, 1.165) is 36.1 Å². The molecular formula is C24H23N3O2. The van der Waals surface area contributed by atoms with Crippen molar-refractivity contribution in [3.05, 3.63) is 89.5 Å². The zero-order chi connectivity index (χ0) is 19.6. The molecule has 5 rings (SSSR count). The minimum Gasteiger partial charge on any atom is -0.492 e. The van der Waals surface area contributed by atoms with Crippen LogP contribution < -0.4 is 0 Å². The van der Waals surface area contributed by atoms with E-state index in [1.54, 1.807) is 6.33 Å². The molecule has 1 atom stereocenters. The van der Waals surface area contributed by atoms with Gasteiger partial charge in [-0.1, -0.05) is 30.3 Å². The fraction of sp³-hybridized carbons (Fsp3) is 0.250. The van der Waals surface area contributed by atoms with Crippen LogP contribution in [0.4, 0.5) is 0 Å². The van der Waals surface area contributed by atoms with Crippen LogP contribution in [-0.4, -0.2) is 33.4 Å². The van der Waals surface area contributed by atoms with Gasteiger partial charge in [0.25, 0.3) is 5.91 Å². The fourth-order valence-corrected chi connectivity index (χ4v) is 4.10. The Morgan fingerprint density at radius 3 is 2.93 bits per heavy atom. The van der Waals surface area contributed by atoms with Gasteiger partial charge in [0, 0.05) is 12.1 Å². The topological polar surface area (TPSA) is 58.2 Å². The summed E-state index contributed by atoms with van der Waals surface area (Å²) in [4.78, 5) is 22.7. The quantitative estimate of drug-likeness (QED) is 0.725. The van der Waals surface area contributed by atoms with Crippen molar-refractivity contribution < 1.29 is 9.53 Å². The smallest absolute Gasteiger partial charge is 0.254 e. The number of nitrogens with zero attached hydrogens (tertiary/aromatic N) is 2. The summed E-state index contributed by atoms with van der Waals surface area (Å²) in [5.74, 6) is 0.930. The van der Waals surface area contributed by atoms with Gasteiger partial charge in [-0.15, -0.1) is 0 Å². The zero-order valence-electron chi connectivity index (χ0n) is 16.2. The second-order valence-corrected chi connectivity index (χ2v) is 7.59. The van der Waals surface area contributed by atoms with Crippen molar-refractivity contribution in [2.24, 2.45) is 0 Å². The molecule has 146 valence electrons. The number of amides is 1. The first-order valence-electron chi connectivity index (χ1n) is 10.1. The zero-order valence-corrected chi connectivity index (χ0v) is 16.2. The number of imidazole rings is 1. The monoisotopic (exact) mass is 385 g/mol. The lowest BCUT2D eigenvalue weighted by molar-refractivity contribution is 0.0504. The van der Waals surface area contributed by atoms with E-state index in [9.17, 15) is 4.79 Å². The summed E-state index contributed by atoms with van der Waals surface area (Å²) in [6, 6.07) is 14.0. The van der Waals surface area contributed by atoms with Crippen LogP contribution in [0.25, 0.3) is 11.0 Å². The minimum absolute atomic E-state index is 0.00825. The third-order valence-electron chi connectivity index (χ3n) is 5.69. The van der Waals surface area contributed by atoms with Gasteiger partial charge in [0.05, 0.1) is 23.4 Å². The molecule has 0 bridgehead atoms. The molecule has 29 heavy (non-hydrogen) atoms. The van der Waals surface area contributed by atoms with Crippen molar-refractivity contribution in [1.29, 1.82) is 0 Å². The van der Waals surface area contributed by atoms with Crippen LogP contribution in [0.15, 0.2) is 72.8 Å². The Bertz CT molecular complexity index is 1110. The molecule has 1 N–H and O–H groups in total. The van der Waals surface area contributed by atoms with Gasteiger partial charge in [0.15, 0.2) is 0 Å². The van der Waals surface area contributed by atoms with Crippen molar-refractivity contribution in [2.75, 3.05) is 6.61 Å². The van der Waals surface area contributed by atoms with E-state index in [2.05, 4.69) is 40.3 Å². The lowest BCUT2D eigenvalue weighted by atomic mass is 9.93. The lowest BCUT2D eigenvalue weighted by Gasteiger charge is -2.37. The van der Waals surface area contributed by atoms with Gasteiger partial charge >= 0.3 is 0 Å². The Morgan fingerprint density at radius 1 is 1.17 bits per heavy atom.